The van der Waals surface area contributed by atoms with Crippen molar-refractivity contribution in [1.29, 1.82) is 0 Å². The Labute approximate surface area is 115 Å². The van der Waals surface area contributed by atoms with Crippen LogP contribution in [-0.4, -0.2) is 5.11 Å². The largest absolute Gasteiger partial charge is 0.385 e. The summed E-state index contributed by atoms with van der Waals surface area (Å²) in [7, 11) is 0. The summed E-state index contributed by atoms with van der Waals surface area (Å²) in [6.07, 6.45) is 0.571. The molecular formula is C15H15IO. The van der Waals surface area contributed by atoms with E-state index in [9.17, 15) is 5.11 Å². The van der Waals surface area contributed by atoms with E-state index in [4.69, 9.17) is 0 Å². The molecule has 0 radical (unpaired) electrons. The molecule has 1 unspecified atom stereocenters. The van der Waals surface area contributed by atoms with Crippen LogP contribution in [0.4, 0.5) is 0 Å². The van der Waals surface area contributed by atoms with Crippen LogP contribution in [0.5, 0.6) is 0 Å². The van der Waals surface area contributed by atoms with Crippen LogP contribution in [0, 0.1) is 0 Å². The lowest BCUT2D eigenvalue weighted by Gasteiger charge is -2.25. The minimum Gasteiger partial charge on any atom is -0.385 e. The van der Waals surface area contributed by atoms with Crippen LogP contribution in [0.15, 0.2) is 52.6 Å². The summed E-state index contributed by atoms with van der Waals surface area (Å²) < 4.78 is 0.959. The highest BCUT2D eigenvalue weighted by atomic mass is 127. The molecule has 1 nitrogen and oxygen atoms in total. The molecule has 0 aliphatic rings. The van der Waals surface area contributed by atoms with Crippen molar-refractivity contribution < 1.29 is 5.11 Å². The number of aliphatic hydroxyl groups is 1. The third kappa shape index (κ3) is 2.69. The van der Waals surface area contributed by atoms with Gasteiger partial charge in [-0.2, -0.15) is 0 Å². The van der Waals surface area contributed by atoms with Gasteiger partial charge in [-0.15, -0.1) is 0 Å². The van der Waals surface area contributed by atoms with E-state index < -0.39 is 5.60 Å². The minimum absolute atomic E-state index is 0.571. The summed E-state index contributed by atoms with van der Waals surface area (Å²) >= 11 is 2.16. The van der Waals surface area contributed by atoms with Crippen LogP contribution in [-0.2, 0) is 5.60 Å². The van der Waals surface area contributed by atoms with Crippen molar-refractivity contribution >= 4 is 33.4 Å². The van der Waals surface area contributed by atoms with Crippen molar-refractivity contribution in [3.8, 4) is 0 Å². The van der Waals surface area contributed by atoms with Crippen LogP contribution < -0.4 is 0 Å². The Morgan fingerprint density at radius 3 is 2.59 bits per heavy atom. The Morgan fingerprint density at radius 2 is 1.88 bits per heavy atom. The number of benzene rings is 2. The molecule has 2 aromatic carbocycles. The SMILES string of the molecule is C=C(I)CC(C)(O)c1cccc2ccccc12. The zero-order valence-corrected chi connectivity index (χ0v) is 11.9. The first-order chi connectivity index (χ1) is 8.00. The molecule has 1 atom stereocenters. The smallest absolute Gasteiger partial charge is 0.0918 e. The molecule has 0 aromatic heterocycles. The van der Waals surface area contributed by atoms with Gasteiger partial charge in [0.2, 0.25) is 0 Å². The maximum atomic E-state index is 10.6. The summed E-state index contributed by atoms with van der Waals surface area (Å²) in [5, 5.41) is 12.9. The van der Waals surface area contributed by atoms with E-state index in [0.29, 0.717) is 6.42 Å². The minimum atomic E-state index is -0.862. The van der Waals surface area contributed by atoms with Crippen LogP contribution in [0.3, 0.4) is 0 Å². The Kier molecular flexibility index (Phi) is 3.54. The highest BCUT2D eigenvalue weighted by Gasteiger charge is 2.25. The second kappa shape index (κ2) is 4.78. The van der Waals surface area contributed by atoms with Gasteiger partial charge in [-0.05, 0) is 49.4 Å². The second-order valence-corrected chi connectivity index (χ2v) is 6.02. The predicted octanol–water partition coefficient (Wildman–Crippen LogP) is 4.39. The zero-order valence-electron chi connectivity index (χ0n) is 9.78. The molecule has 2 rings (SSSR count). The topological polar surface area (TPSA) is 20.2 Å². The first kappa shape index (κ1) is 12.6. The fourth-order valence-corrected chi connectivity index (χ4v) is 2.91. The molecule has 0 spiro atoms. The Balaban J connectivity index is 2.58. The molecule has 0 saturated heterocycles. The number of hydrogen-bond acceptors (Lipinski definition) is 1. The van der Waals surface area contributed by atoms with Gasteiger partial charge >= 0.3 is 0 Å². The van der Waals surface area contributed by atoms with Gasteiger partial charge in [0.05, 0.1) is 5.60 Å². The summed E-state index contributed by atoms with van der Waals surface area (Å²) in [5.41, 5.74) is 0.104. The summed E-state index contributed by atoms with van der Waals surface area (Å²) in [5.74, 6) is 0. The molecule has 0 saturated carbocycles. The molecule has 1 N–H and O–H groups in total. The Hall–Kier alpha value is -0.870. The third-order valence-electron chi connectivity index (χ3n) is 2.91. The molecule has 88 valence electrons. The predicted molar refractivity (Wildman–Crippen MR) is 81.3 cm³/mol. The summed E-state index contributed by atoms with van der Waals surface area (Å²) in [6, 6.07) is 14.2. The van der Waals surface area contributed by atoms with Crippen LogP contribution in [0.2, 0.25) is 0 Å². The van der Waals surface area contributed by atoms with Gasteiger partial charge in [-0.25, -0.2) is 0 Å². The van der Waals surface area contributed by atoms with Gasteiger partial charge < -0.3 is 5.11 Å². The molecular weight excluding hydrogens is 323 g/mol. The van der Waals surface area contributed by atoms with Crippen molar-refractivity contribution in [3.63, 3.8) is 0 Å². The molecule has 0 aliphatic heterocycles. The van der Waals surface area contributed by atoms with E-state index in [1.807, 2.05) is 31.2 Å². The monoisotopic (exact) mass is 338 g/mol. The van der Waals surface area contributed by atoms with E-state index >= 15 is 0 Å². The molecule has 0 amide bonds. The highest BCUT2D eigenvalue weighted by molar-refractivity contribution is 14.1. The van der Waals surface area contributed by atoms with E-state index in [-0.39, 0.29) is 0 Å². The van der Waals surface area contributed by atoms with E-state index in [1.54, 1.807) is 0 Å². The van der Waals surface area contributed by atoms with Crippen molar-refractivity contribution in [2.45, 2.75) is 18.9 Å². The van der Waals surface area contributed by atoms with E-state index in [0.717, 1.165) is 19.9 Å². The maximum absolute atomic E-state index is 10.6. The van der Waals surface area contributed by atoms with E-state index in [1.165, 1.54) is 0 Å². The molecule has 0 bridgehead atoms. The lowest BCUT2D eigenvalue weighted by atomic mass is 9.88. The lowest BCUT2D eigenvalue weighted by molar-refractivity contribution is 0.0618. The molecule has 0 fully saturated rings. The van der Waals surface area contributed by atoms with Crippen LogP contribution in [0.1, 0.15) is 18.9 Å². The van der Waals surface area contributed by atoms with Gasteiger partial charge in [-0.3, -0.25) is 0 Å². The molecule has 2 heteroatoms. The van der Waals surface area contributed by atoms with Crippen molar-refractivity contribution in [1.82, 2.24) is 0 Å². The maximum Gasteiger partial charge on any atom is 0.0918 e. The molecule has 0 heterocycles. The normalized spacial score (nSPS) is 14.5. The van der Waals surface area contributed by atoms with E-state index in [2.05, 4.69) is 47.4 Å². The molecule has 0 aliphatic carbocycles. The van der Waals surface area contributed by atoms with Crippen molar-refractivity contribution in [3.05, 3.63) is 58.2 Å². The first-order valence-electron chi connectivity index (χ1n) is 5.54. The van der Waals surface area contributed by atoms with Gasteiger partial charge in [0.15, 0.2) is 0 Å². The lowest BCUT2D eigenvalue weighted by Crippen LogP contribution is -2.21. The fraction of sp³-hybridized carbons (Fsp3) is 0.200. The average Bonchev–Trinajstić information content (AvgIpc) is 2.26. The van der Waals surface area contributed by atoms with Gasteiger partial charge in [0.1, 0.15) is 0 Å². The number of hydrogen-bond donors (Lipinski definition) is 1. The Morgan fingerprint density at radius 1 is 1.24 bits per heavy atom. The third-order valence-corrected chi connectivity index (χ3v) is 3.29. The van der Waals surface area contributed by atoms with Crippen LogP contribution in [0.25, 0.3) is 10.8 Å². The quantitative estimate of drug-likeness (QED) is 0.823. The summed E-state index contributed by atoms with van der Waals surface area (Å²) in [4.78, 5) is 0. The fourth-order valence-electron chi connectivity index (χ4n) is 2.16. The molecule has 17 heavy (non-hydrogen) atoms. The van der Waals surface area contributed by atoms with Gasteiger partial charge in [0, 0.05) is 6.42 Å². The second-order valence-electron chi connectivity index (χ2n) is 4.49. The number of halogens is 1. The van der Waals surface area contributed by atoms with Gasteiger partial charge in [0.25, 0.3) is 0 Å². The molecule has 2 aromatic rings. The standard InChI is InChI=1S/C15H15IO/c1-11(16)10-15(2,17)14-9-5-7-12-6-3-4-8-13(12)14/h3-9,17H,1,10H2,2H3. The van der Waals surface area contributed by atoms with Gasteiger partial charge in [-0.1, -0.05) is 49.0 Å². The highest BCUT2D eigenvalue weighted by Crippen LogP contribution is 2.34. The first-order valence-corrected chi connectivity index (χ1v) is 6.62. The number of fused-ring (bicyclic) bond motifs is 1. The van der Waals surface area contributed by atoms with Crippen LogP contribution >= 0.6 is 22.6 Å². The van der Waals surface area contributed by atoms with Crippen molar-refractivity contribution in [2.75, 3.05) is 0 Å². The van der Waals surface area contributed by atoms with Crippen molar-refractivity contribution in [2.24, 2.45) is 0 Å². The summed E-state index contributed by atoms with van der Waals surface area (Å²) in [6.45, 7) is 5.72. The number of rotatable bonds is 3. The average molecular weight is 338 g/mol. The zero-order chi connectivity index (χ0) is 12.5. The Bertz CT molecular complexity index is 552.